The van der Waals surface area contributed by atoms with Crippen molar-refractivity contribution in [2.45, 2.75) is 6.92 Å². The van der Waals surface area contributed by atoms with Crippen LogP contribution in [0.1, 0.15) is 12.5 Å². The zero-order valence-corrected chi connectivity index (χ0v) is 19.2. The van der Waals surface area contributed by atoms with E-state index in [1.165, 1.54) is 6.26 Å². The minimum Gasteiger partial charge on any atom is -0.497 e. The highest BCUT2D eigenvalue weighted by molar-refractivity contribution is 6.37. The number of pyridine rings is 1. The summed E-state index contributed by atoms with van der Waals surface area (Å²) >= 11 is 6.42. The fraction of sp³-hybridized carbons (Fsp3) is 0.250. The van der Waals surface area contributed by atoms with Gasteiger partial charge >= 0.3 is 0 Å². The molecule has 0 fully saturated rings. The first-order valence-electron chi connectivity index (χ1n) is 10.2. The molecule has 0 bridgehead atoms. The van der Waals surface area contributed by atoms with Crippen molar-refractivity contribution in [3.05, 3.63) is 59.3 Å². The first-order chi connectivity index (χ1) is 15.5. The number of oxime groups is 1. The number of hydrogen-bond donors (Lipinski definition) is 1. The van der Waals surface area contributed by atoms with E-state index < -0.39 is 0 Å². The molecule has 0 amide bonds. The first-order valence-corrected chi connectivity index (χ1v) is 10.6. The van der Waals surface area contributed by atoms with Gasteiger partial charge in [-0.2, -0.15) is 0 Å². The van der Waals surface area contributed by atoms with E-state index in [1.807, 2.05) is 68.4 Å². The number of methoxy groups -OCH3 is 1. The molecule has 0 saturated carbocycles. The zero-order valence-electron chi connectivity index (χ0n) is 18.5. The normalized spacial score (nSPS) is 12.0. The number of furan rings is 1. The molecule has 2 heterocycles. The molecule has 0 unspecified atom stereocenters. The number of anilines is 2. The summed E-state index contributed by atoms with van der Waals surface area (Å²) < 4.78 is 10.9. The Morgan fingerprint density at radius 3 is 2.69 bits per heavy atom. The molecule has 0 saturated heterocycles. The molecule has 2 aromatic carbocycles. The Hall–Kier alpha value is -3.29. The number of rotatable bonds is 8. The molecule has 4 aromatic rings. The molecule has 1 N–H and O–H groups in total. The lowest BCUT2D eigenvalue weighted by atomic mass is 10.1. The third-order valence-electron chi connectivity index (χ3n) is 5.08. The van der Waals surface area contributed by atoms with Crippen molar-refractivity contribution < 1.29 is 14.0 Å². The van der Waals surface area contributed by atoms with Gasteiger partial charge in [0.2, 0.25) is 5.71 Å². The lowest BCUT2D eigenvalue weighted by molar-refractivity contribution is 0.126. The Labute approximate surface area is 191 Å². The number of hydrogen-bond acceptors (Lipinski definition) is 7. The third-order valence-corrected chi connectivity index (χ3v) is 5.35. The molecule has 0 atom stereocenters. The summed E-state index contributed by atoms with van der Waals surface area (Å²) in [6.45, 7) is 3.29. The molecule has 8 heteroatoms. The summed E-state index contributed by atoms with van der Waals surface area (Å²) in [4.78, 5) is 12.0. The van der Waals surface area contributed by atoms with E-state index in [9.17, 15) is 0 Å². The van der Waals surface area contributed by atoms with Gasteiger partial charge < -0.3 is 24.2 Å². The van der Waals surface area contributed by atoms with Gasteiger partial charge in [-0.25, -0.2) is 4.98 Å². The van der Waals surface area contributed by atoms with Crippen LogP contribution in [0.4, 0.5) is 11.4 Å². The van der Waals surface area contributed by atoms with Crippen LogP contribution in [0.15, 0.2) is 58.3 Å². The standard InChI is InChI=1S/C24H25ClN4O3/c1-15(28-32-12-11-29(2)3)16-5-7-17(8-6-16)26-23-19-10-9-18(30-4)13-21(19)27-24-22(23)20(25)14-31-24/h5-10,13-14H,11-12H2,1-4H3,(H,26,27). The van der Waals surface area contributed by atoms with E-state index in [0.717, 1.165) is 51.2 Å². The van der Waals surface area contributed by atoms with Crippen LogP contribution in [0.5, 0.6) is 5.75 Å². The van der Waals surface area contributed by atoms with E-state index in [4.69, 9.17) is 25.6 Å². The van der Waals surface area contributed by atoms with Crippen molar-refractivity contribution in [1.29, 1.82) is 0 Å². The van der Waals surface area contributed by atoms with E-state index in [1.54, 1.807) is 7.11 Å². The van der Waals surface area contributed by atoms with Gasteiger partial charge in [-0.15, -0.1) is 0 Å². The predicted octanol–water partition coefficient (Wildman–Crippen LogP) is 5.69. The Bertz CT molecular complexity index is 1270. The summed E-state index contributed by atoms with van der Waals surface area (Å²) in [6.07, 6.45) is 1.50. The number of nitrogens with one attached hydrogen (secondary N) is 1. The topological polar surface area (TPSA) is 72.1 Å². The molecule has 2 aromatic heterocycles. The van der Waals surface area contributed by atoms with Crippen LogP contribution in [-0.4, -0.2) is 50.0 Å². The Morgan fingerprint density at radius 2 is 1.97 bits per heavy atom. The maximum absolute atomic E-state index is 6.42. The minimum absolute atomic E-state index is 0.465. The van der Waals surface area contributed by atoms with E-state index >= 15 is 0 Å². The Morgan fingerprint density at radius 1 is 1.19 bits per heavy atom. The van der Waals surface area contributed by atoms with Crippen LogP contribution in [0.25, 0.3) is 22.0 Å². The van der Waals surface area contributed by atoms with E-state index in [2.05, 4.69) is 15.5 Å². The average Bonchev–Trinajstić information content (AvgIpc) is 3.16. The number of ether oxygens (including phenoxy) is 1. The maximum Gasteiger partial charge on any atom is 0.230 e. The zero-order chi connectivity index (χ0) is 22.7. The summed E-state index contributed by atoms with van der Waals surface area (Å²) in [5.74, 6) is 0.722. The van der Waals surface area contributed by atoms with Crippen molar-refractivity contribution in [2.24, 2.45) is 5.16 Å². The molecule has 0 aliphatic rings. The van der Waals surface area contributed by atoms with Gasteiger partial charge in [-0.3, -0.25) is 0 Å². The van der Waals surface area contributed by atoms with Crippen LogP contribution in [-0.2, 0) is 4.84 Å². The highest BCUT2D eigenvalue weighted by atomic mass is 35.5. The summed E-state index contributed by atoms with van der Waals surface area (Å²) in [5.41, 5.74) is 4.74. The van der Waals surface area contributed by atoms with E-state index in [0.29, 0.717) is 17.3 Å². The van der Waals surface area contributed by atoms with Crippen molar-refractivity contribution in [2.75, 3.05) is 39.7 Å². The van der Waals surface area contributed by atoms with E-state index in [-0.39, 0.29) is 0 Å². The highest BCUT2D eigenvalue weighted by Crippen LogP contribution is 2.39. The smallest absolute Gasteiger partial charge is 0.230 e. The van der Waals surface area contributed by atoms with Gasteiger partial charge in [0.15, 0.2) is 0 Å². The third kappa shape index (κ3) is 4.64. The highest BCUT2D eigenvalue weighted by Gasteiger charge is 2.16. The fourth-order valence-corrected chi connectivity index (χ4v) is 3.53. The lowest BCUT2D eigenvalue weighted by Crippen LogP contribution is -2.17. The van der Waals surface area contributed by atoms with Crippen molar-refractivity contribution in [3.63, 3.8) is 0 Å². The number of likely N-dealkylation sites (N-methyl/N-ethyl adjacent to an activating group) is 1. The molecular formula is C24H25ClN4O3. The summed E-state index contributed by atoms with van der Waals surface area (Å²) in [7, 11) is 5.63. The quantitative estimate of drug-likeness (QED) is 0.210. The van der Waals surface area contributed by atoms with Crippen LogP contribution >= 0.6 is 11.6 Å². The van der Waals surface area contributed by atoms with Crippen molar-refractivity contribution in [1.82, 2.24) is 9.88 Å². The molecule has 32 heavy (non-hydrogen) atoms. The largest absolute Gasteiger partial charge is 0.497 e. The Balaban J connectivity index is 1.63. The van der Waals surface area contributed by atoms with Gasteiger partial charge in [-0.05, 0) is 50.8 Å². The minimum atomic E-state index is 0.465. The average molecular weight is 453 g/mol. The predicted molar refractivity (Wildman–Crippen MR) is 130 cm³/mol. The number of aromatic nitrogens is 1. The number of halogens is 1. The van der Waals surface area contributed by atoms with Gasteiger partial charge in [0.1, 0.15) is 18.6 Å². The molecule has 4 rings (SSSR count). The number of benzene rings is 2. The van der Waals surface area contributed by atoms with Crippen molar-refractivity contribution >= 4 is 50.7 Å². The van der Waals surface area contributed by atoms with Crippen molar-refractivity contribution in [3.8, 4) is 5.75 Å². The number of fused-ring (bicyclic) bond motifs is 2. The second-order valence-electron chi connectivity index (χ2n) is 7.65. The number of nitrogens with zero attached hydrogens (tertiary/aromatic N) is 3. The van der Waals surface area contributed by atoms with Crippen LogP contribution < -0.4 is 10.1 Å². The lowest BCUT2D eigenvalue weighted by Gasteiger charge is -2.13. The molecule has 166 valence electrons. The monoisotopic (exact) mass is 452 g/mol. The SMILES string of the molecule is COc1ccc2c(Nc3ccc(C(C)=NOCCN(C)C)cc3)c3c(Cl)coc3nc2c1. The van der Waals surface area contributed by atoms with Gasteiger partial charge in [-0.1, -0.05) is 28.9 Å². The van der Waals surface area contributed by atoms with Gasteiger partial charge in [0.05, 0.1) is 34.4 Å². The Kier molecular flexibility index (Phi) is 6.48. The maximum atomic E-state index is 6.42. The van der Waals surface area contributed by atoms with Gasteiger partial charge in [0, 0.05) is 23.7 Å². The molecular weight excluding hydrogens is 428 g/mol. The molecule has 0 radical (unpaired) electrons. The summed E-state index contributed by atoms with van der Waals surface area (Å²) in [6, 6.07) is 13.7. The van der Waals surface area contributed by atoms with Gasteiger partial charge in [0.25, 0.3) is 0 Å². The first kappa shape index (κ1) is 21.9. The van der Waals surface area contributed by atoms with Crippen LogP contribution in [0.2, 0.25) is 5.02 Å². The second kappa shape index (κ2) is 9.46. The second-order valence-corrected chi connectivity index (χ2v) is 8.06. The van der Waals surface area contributed by atoms with Crippen LogP contribution in [0.3, 0.4) is 0 Å². The van der Waals surface area contributed by atoms with Crippen LogP contribution in [0, 0.1) is 0 Å². The molecule has 7 nitrogen and oxygen atoms in total. The molecule has 0 aliphatic heterocycles. The fourth-order valence-electron chi connectivity index (χ4n) is 3.31. The summed E-state index contributed by atoms with van der Waals surface area (Å²) in [5, 5.41) is 9.84. The molecule has 0 aliphatic carbocycles. The molecule has 0 spiro atoms.